The van der Waals surface area contributed by atoms with Crippen molar-refractivity contribution in [2.45, 2.75) is 25.9 Å². The third kappa shape index (κ3) is 3.32. The van der Waals surface area contributed by atoms with E-state index >= 15 is 0 Å². The highest BCUT2D eigenvalue weighted by Crippen LogP contribution is 2.22. The van der Waals surface area contributed by atoms with Crippen LogP contribution in [0.15, 0.2) is 30.9 Å². The Kier molecular flexibility index (Phi) is 4.66. The number of imidazole rings is 1. The zero-order valence-electron chi connectivity index (χ0n) is 14.4. The number of rotatable bonds is 3. The minimum absolute atomic E-state index is 0.0721. The van der Waals surface area contributed by atoms with Crippen LogP contribution < -0.4 is 5.32 Å². The van der Waals surface area contributed by atoms with Crippen molar-refractivity contribution in [3.63, 3.8) is 0 Å². The number of fused-ring (bicyclic) bond motifs is 1. The van der Waals surface area contributed by atoms with E-state index in [-0.39, 0.29) is 17.7 Å². The lowest BCUT2D eigenvalue weighted by atomic mass is 10.1. The minimum atomic E-state index is -0.287. The third-order valence-electron chi connectivity index (χ3n) is 4.84. The van der Waals surface area contributed by atoms with E-state index in [2.05, 4.69) is 15.3 Å². The molecule has 2 aliphatic heterocycles. The number of pyridine rings is 1. The molecule has 4 heterocycles. The van der Waals surface area contributed by atoms with E-state index in [1.807, 2.05) is 9.47 Å². The van der Waals surface area contributed by atoms with E-state index in [1.54, 1.807) is 30.9 Å². The van der Waals surface area contributed by atoms with Gasteiger partial charge in [-0.3, -0.25) is 14.6 Å². The van der Waals surface area contributed by atoms with E-state index < -0.39 is 0 Å². The Hall–Kier alpha value is -2.74. The summed E-state index contributed by atoms with van der Waals surface area (Å²) in [6, 6.07) is 3.53. The van der Waals surface area contributed by atoms with Crippen molar-refractivity contribution < 1.29 is 14.3 Å². The first-order valence-corrected chi connectivity index (χ1v) is 8.84. The summed E-state index contributed by atoms with van der Waals surface area (Å²) in [5.41, 5.74) is 1.75. The fourth-order valence-corrected chi connectivity index (χ4v) is 3.45. The molecule has 1 N–H and O–H groups in total. The SMILES string of the molecule is O=C(Nc1cccnc1)c1ncn2c1CN(C(=O)C1CCOC1)CCC2. The van der Waals surface area contributed by atoms with Gasteiger partial charge in [-0.05, 0) is 25.0 Å². The maximum atomic E-state index is 12.8. The van der Waals surface area contributed by atoms with Crippen LogP contribution in [0.2, 0.25) is 0 Å². The average molecular weight is 355 g/mol. The van der Waals surface area contributed by atoms with Gasteiger partial charge in [-0.15, -0.1) is 0 Å². The van der Waals surface area contributed by atoms with Gasteiger partial charge in [0.2, 0.25) is 5.91 Å². The first-order valence-electron chi connectivity index (χ1n) is 8.84. The molecule has 26 heavy (non-hydrogen) atoms. The zero-order chi connectivity index (χ0) is 17.9. The van der Waals surface area contributed by atoms with Gasteiger partial charge < -0.3 is 19.5 Å². The molecule has 0 bridgehead atoms. The molecule has 2 amide bonds. The summed E-state index contributed by atoms with van der Waals surface area (Å²) < 4.78 is 7.32. The number of ether oxygens (including phenoxy) is 1. The number of anilines is 1. The molecule has 0 saturated carbocycles. The molecule has 1 atom stereocenters. The molecule has 1 saturated heterocycles. The van der Waals surface area contributed by atoms with Gasteiger partial charge in [0.1, 0.15) is 0 Å². The highest BCUT2D eigenvalue weighted by molar-refractivity contribution is 6.03. The van der Waals surface area contributed by atoms with Gasteiger partial charge >= 0.3 is 0 Å². The molecule has 2 aromatic heterocycles. The lowest BCUT2D eigenvalue weighted by molar-refractivity contribution is -0.136. The number of aromatic nitrogens is 3. The summed E-state index contributed by atoms with van der Waals surface area (Å²) in [5, 5.41) is 2.81. The molecule has 4 rings (SSSR count). The predicted octanol–water partition coefficient (Wildman–Crippen LogP) is 1.30. The van der Waals surface area contributed by atoms with Crippen molar-refractivity contribution in [1.82, 2.24) is 19.4 Å². The first-order chi connectivity index (χ1) is 12.7. The number of carbonyl (C=O) groups is 2. The lowest BCUT2D eigenvalue weighted by Crippen LogP contribution is -2.36. The number of hydrogen-bond acceptors (Lipinski definition) is 5. The lowest BCUT2D eigenvalue weighted by Gasteiger charge is -2.23. The molecule has 1 fully saturated rings. The number of amides is 2. The second kappa shape index (κ2) is 7.25. The van der Waals surface area contributed by atoms with Crippen molar-refractivity contribution in [3.8, 4) is 0 Å². The van der Waals surface area contributed by atoms with Crippen LogP contribution in [0.3, 0.4) is 0 Å². The summed E-state index contributed by atoms with van der Waals surface area (Å²) >= 11 is 0. The standard InChI is InChI=1S/C18H21N5O3/c24-17(21-14-3-1-5-19-9-14)16-15-10-22(6-2-7-23(15)12-20-16)18(25)13-4-8-26-11-13/h1,3,5,9,12-13H,2,4,6-8,10-11H2,(H,21,24). The molecule has 2 aliphatic rings. The number of nitrogens with one attached hydrogen (secondary N) is 1. The maximum Gasteiger partial charge on any atom is 0.276 e. The molecular formula is C18H21N5O3. The van der Waals surface area contributed by atoms with Crippen LogP contribution in [0.25, 0.3) is 0 Å². The number of aryl methyl sites for hydroxylation is 1. The third-order valence-corrected chi connectivity index (χ3v) is 4.84. The van der Waals surface area contributed by atoms with E-state index in [0.29, 0.717) is 37.7 Å². The second-order valence-corrected chi connectivity index (χ2v) is 6.60. The topological polar surface area (TPSA) is 89.4 Å². The Bertz CT molecular complexity index is 798. The van der Waals surface area contributed by atoms with E-state index in [1.165, 1.54) is 0 Å². The summed E-state index contributed by atoms with van der Waals surface area (Å²) in [7, 11) is 0. The van der Waals surface area contributed by atoms with Crippen molar-refractivity contribution in [2.24, 2.45) is 5.92 Å². The fraction of sp³-hybridized carbons (Fsp3) is 0.444. The Balaban J connectivity index is 1.54. The molecule has 0 aliphatic carbocycles. The molecule has 8 nitrogen and oxygen atoms in total. The summed E-state index contributed by atoms with van der Waals surface area (Å²) in [4.78, 5) is 35.5. The Morgan fingerprint density at radius 2 is 2.23 bits per heavy atom. The normalized spacial score (nSPS) is 19.7. The van der Waals surface area contributed by atoms with Crippen LogP contribution in [0.1, 0.15) is 29.0 Å². The Labute approximate surface area is 151 Å². The first kappa shape index (κ1) is 16.7. The summed E-state index contributed by atoms with van der Waals surface area (Å²) in [6.45, 7) is 2.95. The quantitative estimate of drug-likeness (QED) is 0.896. The van der Waals surface area contributed by atoms with Gasteiger partial charge in [-0.1, -0.05) is 0 Å². The monoisotopic (exact) mass is 355 g/mol. The minimum Gasteiger partial charge on any atom is -0.381 e. The second-order valence-electron chi connectivity index (χ2n) is 6.60. The van der Waals surface area contributed by atoms with Crippen LogP contribution in [0.4, 0.5) is 5.69 Å². The van der Waals surface area contributed by atoms with Gasteiger partial charge in [0.05, 0.1) is 43.0 Å². The van der Waals surface area contributed by atoms with Crippen molar-refractivity contribution >= 4 is 17.5 Å². The molecule has 0 aromatic carbocycles. The Morgan fingerprint density at radius 1 is 1.31 bits per heavy atom. The van der Waals surface area contributed by atoms with Gasteiger partial charge in [0.25, 0.3) is 5.91 Å². The molecule has 0 spiro atoms. The fourth-order valence-electron chi connectivity index (χ4n) is 3.45. The van der Waals surface area contributed by atoms with Crippen LogP contribution in [-0.2, 0) is 22.6 Å². The maximum absolute atomic E-state index is 12.8. The molecule has 136 valence electrons. The smallest absolute Gasteiger partial charge is 0.276 e. The summed E-state index contributed by atoms with van der Waals surface area (Å²) in [5.74, 6) is -0.252. The van der Waals surface area contributed by atoms with E-state index in [9.17, 15) is 9.59 Å². The highest BCUT2D eigenvalue weighted by atomic mass is 16.5. The van der Waals surface area contributed by atoms with Crippen LogP contribution in [0, 0.1) is 5.92 Å². The summed E-state index contributed by atoms with van der Waals surface area (Å²) in [6.07, 6.45) is 6.52. The number of carbonyl (C=O) groups excluding carboxylic acids is 2. The number of nitrogens with zero attached hydrogens (tertiary/aromatic N) is 4. The molecular weight excluding hydrogens is 334 g/mol. The van der Waals surface area contributed by atoms with Crippen molar-refractivity contribution in [2.75, 3.05) is 25.1 Å². The van der Waals surface area contributed by atoms with Crippen LogP contribution >= 0.6 is 0 Å². The van der Waals surface area contributed by atoms with Gasteiger partial charge in [0.15, 0.2) is 5.69 Å². The largest absolute Gasteiger partial charge is 0.381 e. The van der Waals surface area contributed by atoms with E-state index in [0.717, 1.165) is 25.1 Å². The zero-order valence-corrected chi connectivity index (χ0v) is 14.4. The molecule has 1 unspecified atom stereocenters. The predicted molar refractivity (Wildman–Crippen MR) is 93.4 cm³/mol. The highest BCUT2D eigenvalue weighted by Gasteiger charge is 2.31. The van der Waals surface area contributed by atoms with Gasteiger partial charge in [-0.25, -0.2) is 4.98 Å². The van der Waals surface area contributed by atoms with Crippen LogP contribution in [0.5, 0.6) is 0 Å². The number of hydrogen-bond donors (Lipinski definition) is 1. The Morgan fingerprint density at radius 3 is 3.00 bits per heavy atom. The van der Waals surface area contributed by atoms with Crippen molar-refractivity contribution in [3.05, 3.63) is 42.2 Å². The average Bonchev–Trinajstić information content (AvgIpc) is 3.28. The van der Waals surface area contributed by atoms with E-state index in [4.69, 9.17) is 4.74 Å². The van der Waals surface area contributed by atoms with Crippen LogP contribution in [-0.4, -0.2) is 51.0 Å². The molecule has 8 heteroatoms. The van der Waals surface area contributed by atoms with Gasteiger partial charge in [-0.2, -0.15) is 0 Å². The molecule has 2 aromatic rings. The van der Waals surface area contributed by atoms with Gasteiger partial charge in [0, 0.05) is 25.9 Å². The van der Waals surface area contributed by atoms with Crippen molar-refractivity contribution in [1.29, 1.82) is 0 Å². The molecule has 0 radical (unpaired) electrons.